The van der Waals surface area contributed by atoms with E-state index in [-0.39, 0.29) is 12.1 Å². The smallest absolute Gasteiger partial charge is 0.315 e. The number of halogens is 1. The summed E-state index contributed by atoms with van der Waals surface area (Å²) in [6.45, 7) is 1.99. The van der Waals surface area contributed by atoms with E-state index in [1.165, 1.54) is 23.3 Å². The van der Waals surface area contributed by atoms with E-state index in [0.29, 0.717) is 6.54 Å². The van der Waals surface area contributed by atoms with Crippen LogP contribution in [0.2, 0.25) is 0 Å². The molecule has 2 amide bonds. The Kier molecular flexibility index (Phi) is 6.43. The fraction of sp³-hybridized carbons (Fsp3) is 0.250. The van der Waals surface area contributed by atoms with E-state index in [4.69, 9.17) is 0 Å². The molecule has 1 aliphatic rings. The minimum Gasteiger partial charge on any atom is -0.386 e. The molecule has 6 nitrogen and oxygen atoms in total. The molecule has 2 heterocycles. The summed E-state index contributed by atoms with van der Waals surface area (Å²) in [5.74, 6) is 0.413. The summed E-state index contributed by atoms with van der Waals surface area (Å²) < 4.78 is 13.7. The number of nitrogens with one attached hydrogen (secondary N) is 2. The van der Waals surface area contributed by atoms with Gasteiger partial charge in [0.2, 0.25) is 0 Å². The fourth-order valence-electron chi connectivity index (χ4n) is 3.69. The molecular weight excluding hydrogens is 395 g/mol. The molecule has 1 aromatic heterocycles. The summed E-state index contributed by atoms with van der Waals surface area (Å²) in [7, 11) is 0. The summed E-state index contributed by atoms with van der Waals surface area (Å²) in [6.07, 6.45) is 1.65. The monoisotopic (exact) mass is 420 g/mol. The van der Waals surface area contributed by atoms with Gasteiger partial charge in [-0.05, 0) is 35.2 Å². The first-order valence-corrected chi connectivity index (χ1v) is 10.3. The zero-order valence-electron chi connectivity index (χ0n) is 17.1. The minimum atomic E-state index is -1.11. The van der Waals surface area contributed by atoms with E-state index in [2.05, 4.69) is 44.8 Å². The van der Waals surface area contributed by atoms with Crippen LogP contribution in [0.25, 0.3) is 0 Å². The van der Waals surface area contributed by atoms with Gasteiger partial charge in [-0.3, -0.25) is 0 Å². The van der Waals surface area contributed by atoms with E-state index < -0.39 is 18.0 Å². The number of anilines is 1. The maximum Gasteiger partial charge on any atom is 0.315 e. The van der Waals surface area contributed by atoms with Gasteiger partial charge < -0.3 is 20.6 Å². The molecule has 7 heteroatoms. The second-order valence-corrected chi connectivity index (χ2v) is 7.57. The molecule has 160 valence electrons. The minimum absolute atomic E-state index is 0.0829. The molecule has 1 atom stereocenters. The highest BCUT2D eigenvalue weighted by Crippen LogP contribution is 2.23. The highest BCUT2D eigenvalue weighted by atomic mass is 19.1. The van der Waals surface area contributed by atoms with Gasteiger partial charge in [0, 0.05) is 37.9 Å². The lowest BCUT2D eigenvalue weighted by Crippen LogP contribution is -2.37. The molecule has 1 aliphatic heterocycles. The molecule has 2 aromatic carbocycles. The number of benzene rings is 2. The van der Waals surface area contributed by atoms with Crippen LogP contribution < -0.4 is 15.5 Å². The lowest BCUT2D eigenvalue weighted by molar-refractivity contribution is 0.169. The van der Waals surface area contributed by atoms with Gasteiger partial charge in [0.15, 0.2) is 0 Å². The van der Waals surface area contributed by atoms with Gasteiger partial charge in [-0.2, -0.15) is 0 Å². The van der Waals surface area contributed by atoms with Crippen LogP contribution in [0.5, 0.6) is 0 Å². The van der Waals surface area contributed by atoms with Gasteiger partial charge in [0.05, 0.1) is 6.10 Å². The van der Waals surface area contributed by atoms with Crippen LogP contribution in [-0.2, 0) is 19.5 Å². The van der Waals surface area contributed by atoms with Crippen molar-refractivity contribution in [1.82, 2.24) is 15.6 Å². The van der Waals surface area contributed by atoms with Crippen molar-refractivity contribution < 1.29 is 14.3 Å². The number of carbonyl (C=O) groups is 1. The Morgan fingerprint density at radius 1 is 1.06 bits per heavy atom. The number of hydrogen-bond donors (Lipinski definition) is 3. The number of aliphatic hydroxyl groups is 1. The van der Waals surface area contributed by atoms with Crippen molar-refractivity contribution in [1.29, 1.82) is 0 Å². The summed E-state index contributed by atoms with van der Waals surface area (Å²) in [6, 6.07) is 17.9. The van der Waals surface area contributed by atoms with E-state index in [1.807, 2.05) is 12.1 Å². The predicted octanol–water partition coefficient (Wildman–Crippen LogP) is 3.32. The average Bonchev–Trinajstić information content (AvgIpc) is 2.81. The molecule has 0 aliphatic carbocycles. The number of carbonyl (C=O) groups excluding carboxylic acids is 1. The van der Waals surface area contributed by atoms with Crippen LogP contribution in [0.1, 0.15) is 28.4 Å². The van der Waals surface area contributed by atoms with Crippen molar-refractivity contribution in [3.8, 4) is 0 Å². The van der Waals surface area contributed by atoms with E-state index in [9.17, 15) is 14.3 Å². The molecule has 4 rings (SSSR count). The highest BCUT2D eigenvalue weighted by Gasteiger charge is 2.17. The molecule has 0 spiro atoms. The molecule has 0 saturated carbocycles. The number of urea groups is 1. The van der Waals surface area contributed by atoms with Crippen LogP contribution in [0, 0.1) is 5.82 Å². The Morgan fingerprint density at radius 2 is 1.84 bits per heavy atom. The first-order valence-electron chi connectivity index (χ1n) is 10.3. The fourth-order valence-corrected chi connectivity index (χ4v) is 3.69. The van der Waals surface area contributed by atoms with E-state index >= 15 is 0 Å². The molecule has 3 N–H and O–H groups in total. The van der Waals surface area contributed by atoms with Crippen molar-refractivity contribution in [2.75, 3.05) is 18.0 Å². The van der Waals surface area contributed by atoms with Crippen molar-refractivity contribution in [3.05, 3.63) is 94.9 Å². The molecule has 0 saturated heterocycles. The molecule has 0 radical (unpaired) electrons. The van der Waals surface area contributed by atoms with Crippen LogP contribution in [-0.4, -0.2) is 29.2 Å². The maximum absolute atomic E-state index is 13.7. The third kappa shape index (κ3) is 5.19. The van der Waals surface area contributed by atoms with Crippen molar-refractivity contribution in [2.24, 2.45) is 0 Å². The maximum atomic E-state index is 13.7. The second kappa shape index (κ2) is 9.57. The normalized spacial score (nSPS) is 13.9. The first-order chi connectivity index (χ1) is 15.1. The van der Waals surface area contributed by atoms with E-state index in [1.54, 1.807) is 18.3 Å². The molecule has 31 heavy (non-hydrogen) atoms. The molecule has 3 aromatic rings. The number of hydrogen-bond acceptors (Lipinski definition) is 4. The number of nitrogens with zero attached hydrogens (tertiary/aromatic N) is 2. The van der Waals surface area contributed by atoms with Gasteiger partial charge >= 0.3 is 6.03 Å². The van der Waals surface area contributed by atoms with Gasteiger partial charge in [-0.1, -0.05) is 48.5 Å². The third-order valence-corrected chi connectivity index (χ3v) is 5.44. The number of fused-ring (bicyclic) bond motifs is 1. The topological polar surface area (TPSA) is 77.5 Å². The molecule has 0 bridgehead atoms. The summed E-state index contributed by atoms with van der Waals surface area (Å²) in [5.41, 5.74) is 3.75. The van der Waals surface area contributed by atoms with Crippen molar-refractivity contribution in [3.63, 3.8) is 0 Å². The molecule has 0 fully saturated rings. The number of rotatable bonds is 6. The van der Waals surface area contributed by atoms with Crippen LogP contribution in [0.3, 0.4) is 0 Å². The van der Waals surface area contributed by atoms with Gasteiger partial charge in [-0.15, -0.1) is 0 Å². The Morgan fingerprint density at radius 3 is 2.61 bits per heavy atom. The third-order valence-electron chi connectivity index (χ3n) is 5.44. The summed E-state index contributed by atoms with van der Waals surface area (Å²) in [4.78, 5) is 18.8. The van der Waals surface area contributed by atoms with E-state index in [0.717, 1.165) is 30.9 Å². The van der Waals surface area contributed by atoms with Crippen LogP contribution in [0.15, 0.2) is 66.9 Å². The number of aromatic nitrogens is 1. The van der Waals surface area contributed by atoms with Crippen molar-refractivity contribution in [2.45, 2.75) is 25.6 Å². The standard InChI is InChI=1S/C24H25FN4O2/c25-21-8-4-3-7-20(21)22(30)15-28-24(31)27-14-17-9-10-23(26-13-17)29-12-11-18-5-1-2-6-19(18)16-29/h1-10,13,22,30H,11-12,14-16H2,(H2,27,28,31). The SMILES string of the molecule is O=C(NCc1ccc(N2CCc3ccccc3C2)nc1)NCC(O)c1ccccc1F. The molecular formula is C24H25FN4O2. The number of pyridine rings is 1. The Bertz CT molecular complexity index is 1040. The number of aliphatic hydroxyl groups excluding tert-OH is 1. The lowest BCUT2D eigenvalue weighted by atomic mass is 10.00. The molecule has 1 unspecified atom stereocenters. The Hall–Kier alpha value is -3.45. The zero-order valence-corrected chi connectivity index (χ0v) is 17.1. The average molecular weight is 420 g/mol. The van der Waals surface area contributed by atoms with Crippen molar-refractivity contribution >= 4 is 11.8 Å². The van der Waals surface area contributed by atoms with Crippen LogP contribution >= 0.6 is 0 Å². The second-order valence-electron chi connectivity index (χ2n) is 7.57. The van der Waals surface area contributed by atoms with Gasteiger partial charge in [0.1, 0.15) is 11.6 Å². The van der Waals surface area contributed by atoms with Gasteiger partial charge in [0.25, 0.3) is 0 Å². The van der Waals surface area contributed by atoms with Gasteiger partial charge in [-0.25, -0.2) is 14.2 Å². The lowest BCUT2D eigenvalue weighted by Gasteiger charge is -2.29. The van der Waals surface area contributed by atoms with Crippen LogP contribution in [0.4, 0.5) is 15.0 Å². The zero-order chi connectivity index (χ0) is 21.6. The largest absolute Gasteiger partial charge is 0.386 e. The quantitative estimate of drug-likeness (QED) is 0.572. The first kappa shape index (κ1) is 20.8. The number of amides is 2. The Balaban J connectivity index is 1.25. The summed E-state index contributed by atoms with van der Waals surface area (Å²) in [5, 5.41) is 15.3. The Labute approximate surface area is 180 Å². The highest BCUT2D eigenvalue weighted by molar-refractivity contribution is 5.73. The summed E-state index contributed by atoms with van der Waals surface area (Å²) >= 11 is 0. The predicted molar refractivity (Wildman–Crippen MR) is 117 cm³/mol.